The van der Waals surface area contributed by atoms with Gasteiger partial charge in [0.2, 0.25) is 0 Å². The van der Waals surface area contributed by atoms with Crippen LogP contribution in [0.4, 0.5) is 0 Å². The monoisotopic (exact) mass is 346 g/mol. The number of hydrogen-bond donors (Lipinski definition) is 0. The highest BCUT2D eigenvalue weighted by atomic mass is 127. The summed E-state index contributed by atoms with van der Waals surface area (Å²) in [5.74, 6) is 0.456. The van der Waals surface area contributed by atoms with Gasteiger partial charge in [0.25, 0.3) is 0 Å². The third-order valence-electron chi connectivity index (χ3n) is 2.11. The van der Waals surface area contributed by atoms with Gasteiger partial charge in [-0.3, -0.25) is 0 Å². The molecule has 0 saturated heterocycles. The Labute approximate surface area is 115 Å². The summed E-state index contributed by atoms with van der Waals surface area (Å²) in [7, 11) is 0. The first-order valence-corrected chi connectivity index (χ1v) is 6.46. The molecule has 0 fully saturated rings. The van der Waals surface area contributed by atoms with Gasteiger partial charge in [-0.05, 0) is 48.6 Å². The van der Waals surface area contributed by atoms with Crippen LogP contribution in [0.2, 0.25) is 0 Å². The third-order valence-corrected chi connectivity index (χ3v) is 3.00. The maximum absolute atomic E-state index is 11.5. The first kappa shape index (κ1) is 14.0. The highest BCUT2D eigenvalue weighted by Crippen LogP contribution is 2.20. The minimum absolute atomic E-state index is 0.231. The van der Waals surface area contributed by atoms with Crippen LogP contribution in [0, 0.1) is 3.57 Å². The summed E-state index contributed by atoms with van der Waals surface area (Å²) in [6, 6.07) is 7.67. The molecule has 0 aromatic heterocycles. The van der Waals surface area contributed by atoms with Gasteiger partial charge in [0.1, 0.15) is 12.4 Å². The predicted octanol–water partition coefficient (Wildman–Crippen LogP) is 3.18. The smallest absolute Gasteiger partial charge is 0.337 e. The molecule has 0 atom stereocenters. The lowest BCUT2D eigenvalue weighted by atomic mass is 10.3. The first-order valence-electron chi connectivity index (χ1n) is 5.38. The number of halogens is 1. The lowest BCUT2D eigenvalue weighted by molar-refractivity contribution is -0.138. The van der Waals surface area contributed by atoms with Gasteiger partial charge in [-0.2, -0.15) is 0 Å². The topological polar surface area (TPSA) is 35.5 Å². The van der Waals surface area contributed by atoms with Crippen molar-refractivity contribution in [2.75, 3.05) is 13.2 Å². The molecule has 0 N–H and O–H groups in total. The molecule has 0 aliphatic rings. The number of esters is 1. The normalized spacial score (nSPS) is 11.1. The molecule has 17 heavy (non-hydrogen) atoms. The molecular weight excluding hydrogens is 331 g/mol. The van der Waals surface area contributed by atoms with Crippen molar-refractivity contribution in [1.82, 2.24) is 0 Å². The molecule has 3 nitrogen and oxygen atoms in total. The Morgan fingerprint density at radius 3 is 2.71 bits per heavy atom. The van der Waals surface area contributed by atoms with Gasteiger partial charge in [0, 0.05) is 0 Å². The van der Waals surface area contributed by atoms with Gasteiger partial charge < -0.3 is 9.47 Å². The van der Waals surface area contributed by atoms with E-state index in [9.17, 15) is 4.79 Å². The molecule has 0 saturated carbocycles. The fraction of sp³-hybridized carbons (Fsp3) is 0.308. The summed E-state index contributed by atoms with van der Waals surface area (Å²) in [5.41, 5.74) is 0.534. The summed E-state index contributed by atoms with van der Waals surface area (Å²) in [5, 5.41) is 0. The zero-order chi connectivity index (χ0) is 12.7. The molecule has 0 unspecified atom stereocenters. The zero-order valence-electron chi connectivity index (χ0n) is 9.90. The second kappa shape index (κ2) is 7.32. The van der Waals surface area contributed by atoms with E-state index in [1.807, 2.05) is 24.3 Å². The Morgan fingerprint density at radius 1 is 1.41 bits per heavy atom. The molecule has 0 spiro atoms. The van der Waals surface area contributed by atoms with Crippen LogP contribution in [0.5, 0.6) is 5.75 Å². The van der Waals surface area contributed by atoms with Gasteiger partial charge in [0.15, 0.2) is 0 Å². The van der Waals surface area contributed by atoms with Crippen LogP contribution in [0.25, 0.3) is 0 Å². The van der Waals surface area contributed by atoms with Gasteiger partial charge in [0.05, 0.1) is 15.8 Å². The molecule has 1 aromatic rings. The van der Waals surface area contributed by atoms with Crippen molar-refractivity contribution >= 4 is 28.6 Å². The molecule has 0 amide bonds. The van der Waals surface area contributed by atoms with E-state index in [1.54, 1.807) is 19.9 Å². The fourth-order valence-electron chi connectivity index (χ4n) is 1.20. The maximum atomic E-state index is 11.5. The van der Waals surface area contributed by atoms with Crippen molar-refractivity contribution < 1.29 is 14.3 Å². The number of benzene rings is 1. The Balaban J connectivity index is 2.60. The van der Waals surface area contributed by atoms with Crippen molar-refractivity contribution in [2.45, 2.75) is 13.8 Å². The molecule has 0 aliphatic carbocycles. The second-order valence-corrected chi connectivity index (χ2v) is 4.42. The lowest BCUT2D eigenvalue weighted by Gasteiger charge is -2.10. The number of para-hydroxylation sites is 1. The number of carbonyl (C=O) groups excluding carboxylic acids is 1. The Kier molecular flexibility index (Phi) is 6.04. The fourth-order valence-corrected chi connectivity index (χ4v) is 1.74. The van der Waals surface area contributed by atoms with Crippen LogP contribution in [0.3, 0.4) is 0 Å². The Morgan fingerprint density at radius 2 is 2.12 bits per heavy atom. The van der Waals surface area contributed by atoms with Crippen LogP contribution in [0.15, 0.2) is 35.9 Å². The third kappa shape index (κ3) is 4.38. The largest absolute Gasteiger partial charge is 0.488 e. The Hall–Kier alpha value is -1.04. The number of rotatable bonds is 5. The molecule has 0 bridgehead atoms. The van der Waals surface area contributed by atoms with E-state index in [0.29, 0.717) is 12.2 Å². The van der Waals surface area contributed by atoms with E-state index in [1.165, 1.54) is 0 Å². The molecule has 0 aliphatic heterocycles. The number of carbonyl (C=O) groups is 1. The predicted molar refractivity (Wildman–Crippen MR) is 75.0 cm³/mol. The van der Waals surface area contributed by atoms with E-state index in [-0.39, 0.29) is 12.6 Å². The van der Waals surface area contributed by atoms with E-state index in [0.717, 1.165) is 9.32 Å². The van der Waals surface area contributed by atoms with Crippen molar-refractivity contribution in [2.24, 2.45) is 0 Å². The number of allylic oxidation sites excluding steroid dienone is 1. The highest BCUT2D eigenvalue weighted by molar-refractivity contribution is 14.1. The highest BCUT2D eigenvalue weighted by Gasteiger charge is 2.10. The van der Waals surface area contributed by atoms with E-state index in [4.69, 9.17) is 9.47 Å². The minimum Gasteiger partial charge on any atom is -0.488 e. The standard InChI is InChI=1S/C13H15IO3/c1-3-10(13(15)16-4-2)9-17-12-8-6-5-7-11(12)14/h3,5-8H,4,9H2,1-2H3/b10-3+. The minimum atomic E-state index is -0.319. The lowest BCUT2D eigenvalue weighted by Crippen LogP contribution is -2.14. The number of hydrogen-bond acceptors (Lipinski definition) is 3. The van der Waals surface area contributed by atoms with E-state index < -0.39 is 0 Å². The maximum Gasteiger partial charge on any atom is 0.337 e. The van der Waals surface area contributed by atoms with E-state index >= 15 is 0 Å². The van der Waals surface area contributed by atoms with Crippen molar-refractivity contribution in [1.29, 1.82) is 0 Å². The molecular formula is C13H15IO3. The van der Waals surface area contributed by atoms with E-state index in [2.05, 4.69) is 22.6 Å². The summed E-state index contributed by atoms with van der Waals surface area (Å²) in [6.45, 7) is 4.19. The average Bonchev–Trinajstić information content (AvgIpc) is 2.32. The second-order valence-electron chi connectivity index (χ2n) is 3.25. The van der Waals surface area contributed by atoms with Crippen LogP contribution >= 0.6 is 22.6 Å². The number of ether oxygens (including phenoxy) is 2. The molecule has 1 rings (SSSR count). The van der Waals surface area contributed by atoms with Crippen molar-refractivity contribution in [3.63, 3.8) is 0 Å². The van der Waals surface area contributed by atoms with Gasteiger partial charge in [-0.25, -0.2) is 4.79 Å². The van der Waals surface area contributed by atoms with Crippen LogP contribution in [-0.4, -0.2) is 19.2 Å². The molecule has 4 heteroatoms. The first-order chi connectivity index (χ1) is 8.19. The molecule has 0 radical (unpaired) electrons. The quantitative estimate of drug-likeness (QED) is 0.467. The Bertz CT molecular complexity index is 413. The molecule has 92 valence electrons. The molecule has 1 aromatic carbocycles. The summed E-state index contributed by atoms with van der Waals surface area (Å²) >= 11 is 2.19. The summed E-state index contributed by atoms with van der Waals surface area (Å²) < 4.78 is 11.5. The average molecular weight is 346 g/mol. The van der Waals surface area contributed by atoms with Crippen molar-refractivity contribution in [3.8, 4) is 5.75 Å². The van der Waals surface area contributed by atoms with Gasteiger partial charge in [-0.1, -0.05) is 18.2 Å². The van der Waals surface area contributed by atoms with Crippen molar-refractivity contribution in [3.05, 3.63) is 39.5 Å². The summed E-state index contributed by atoms with van der Waals surface area (Å²) in [6.07, 6.45) is 1.72. The van der Waals surface area contributed by atoms with Crippen LogP contribution in [-0.2, 0) is 9.53 Å². The van der Waals surface area contributed by atoms with Gasteiger partial charge in [-0.15, -0.1) is 0 Å². The van der Waals surface area contributed by atoms with Crippen LogP contribution < -0.4 is 4.74 Å². The summed E-state index contributed by atoms with van der Waals surface area (Å²) in [4.78, 5) is 11.5. The van der Waals surface area contributed by atoms with Gasteiger partial charge >= 0.3 is 5.97 Å². The SMILES string of the molecule is C/C=C(\COc1ccccc1I)C(=O)OCC. The zero-order valence-corrected chi connectivity index (χ0v) is 12.1. The molecule has 0 heterocycles. The van der Waals surface area contributed by atoms with Crippen LogP contribution in [0.1, 0.15) is 13.8 Å².